The fourth-order valence-electron chi connectivity index (χ4n) is 1.72. The molecule has 0 aromatic heterocycles. The Hall–Kier alpha value is 0.01000. The molecule has 0 bridgehead atoms. The van der Waals surface area contributed by atoms with Gasteiger partial charge in [-0.25, -0.2) is 0 Å². The SMILES string of the molecule is CCN1CCCC(NC(=O)C(Cl)Cl)C1. The molecule has 82 valence electrons. The standard InChI is InChI=1S/C9H16Cl2N2O/c1-2-13-5-3-4-7(6-13)12-9(14)8(10)11/h7-8H,2-6H2,1H3,(H,12,14). The van der Waals surface area contributed by atoms with Crippen LogP contribution in [-0.4, -0.2) is 41.3 Å². The molecular weight excluding hydrogens is 223 g/mol. The second-order valence-corrected chi connectivity index (χ2v) is 4.64. The van der Waals surface area contributed by atoms with Crippen LogP contribution in [0.2, 0.25) is 0 Å². The maximum atomic E-state index is 11.2. The lowest BCUT2D eigenvalue weighted by atomic mass is 10.1. The number of carbonyl (C=O) groups is 1. The molecule has 1 N–H and O–H groups in total. The first-order valence-corrected chi connectivity index (χ1v) is 5.81. The van der Waals surface area contributed by atoms with Crippen LogP contribution in [0, 0.1) is 0 Å². The number of hydrogen-bond donors (Lipinski definition) is 1. The lowest BCUT2D eigenvalue weighted by Crippen LogP contribution is -2.48. The number of nitrogens with one attached hydrogen (secondary N) is 1. The Balaban J connectivity index is 2.34. The summed E-state index contributed by atoms with van der Waals surface area (Å²) in [5.74, 6) is -0.281. The molecule has 3 nitrogen and oxygen atoms in total. The molecule has 1 saturated heterocycles. The van der Waals surface area contributed by atoms with E-state index in [1.165, 1.54) is 0 Å². The van der Waals surface area contributed by atoms with Crippen molar-refractivity contribution < 1.29 is 4.79 Å². The molecule has 1 amide bonds. The molecule has 1 atom stereocenters. The number of rotatable bonds is 3. The summed E-state index contributed by atoms with van der Waals surface area (Å²) < 4.78 is 0. The van der Waals surface area contributed by atoms with E-state index >= 15 is 0 Å². The van der Waals surface area contributed by atoms with Crippen LogP contribution >= 0.6 is 23.2 Å². The topological polar surface area (TPSA) is 32.3 Å². The third-order valence-electron chi connectivity index (χ3n) is 2.50. The molecule has 1 unspecified atom stereocenters. The van der Waals surface area contributed by atoms with E-state index in [9.17, 15) is 4.79 Å². The smallest absolute Gasteiger partial charge is 0.253 e. The number of likely N-dealkylation sites (tertiary alicyclic amines) is 1. The molecule has 1 fully saturated rings. The second kappa shape index (κ2) is 5.79. The zero-order valence-electron chi connectivity index (χ0n) is 8.30. The minimum absolute atomic E-state index is 0.205. The van der Waals surface area contributed by atoms with Crippen molar-refractivity contribution in [1.29, 1.82) is 0 Å². The lowest BCUT2D eigenvalue weighted by Gasteiger charge is -2.32. The molecule has 0 radical (unpaired) electrons. The Bertz CT molecular complexity index is 199. The molecule has 1 rings (SSSR count). The van der Waals surface area contributed by atoms with E-state index in [1.807, 2.05) is 0 Å². The molecule has 1 heterocycles. The molecule has 1 aliphatic heterocycles. The van der Waals surface area contributed by atoms with Gasteiger partial charge >= 0.3 is 0 Å². The fourth-order valence-corrected chi connectivity index (χ4v) is 1.85. The van der Waals surface area contributed by atoms with E-state index in [-0.39, 0.29) is 11.9 Å². The van der Waals surface area contributed by atoms with Gasteiger partial charge in [0.05, 0.1) is 0 Å². The molecule has 0 aromatic rings. The van der Waals surface area contributed by atoms with Crippen molar-refractivity contribution in [2.45, 2.75) is 30.6 Å². The summed E-state index contributed by atoms with van der Waals surface area (Å²) in [4.78, 5) is 12.6. The summed E-state index contributed by atoms with van der Waals surface area (Å²) in [6.07, 6.45) is 2.14. The van der Waals surface area contributed by atoms with Crippen LogP contribution in [0.15, 0.2) is 0 Å². The summed E-state index contributed by atoms with van der Waals surface area (Å²) in [5, 5.41) is 2.84. The van der Waals surface area contributed by atoms with Crippen molar-refractivity contribution in [3.05, 3.63) is 0 Å². The average Bonchev–Trinajstić information content (AvgIpc) is 2.18. The Morgan fingerprint density at radius 2 is 2.36 bits per heavy atom. The Morgan fingerprint density at radius 1 is 1.64 bits per heavy atom. The highest BCUT2D eigenvalue weighted by molar-refractivity contribution is 6.53. The molecule has 5 heteroatoms. The summed E-state index contributed by atoms with van der Waals surface area (Å²) >= 11 is 10.9. The van der Waals surface area contributed by atoms with Gasteiger partial charge in [-0.3, -0.25) is 4.79 Å². The first kappa shape index (κ1) is 12.1. The molecule has 1 aliphatic rings. The van der Waals surface area contributed by atoms with Gasteiger partial charge in [0, 0.05) is 12.6 Å². The first-order chi connectivity index (χ1) is 6.63. The van der Waals surface area contributed by atoms with Gasteiger partial charge in [-0.05, 0) is 25.9 Å². The van der Waals surface area contributed by atoms with Gasteiger partial charge in [0.2, 0.25) is 0 Å². The molecule has 0 aromatic carbocycles. The molecule has 0 spiro atoms. The van der Waals surface area contributed by atoms with Crippen molar-refractivity contribution in [2.24, 2.45) is 0 Å². The van der Waals surface area contributed by atoms with Gasteiger partial charge in [-0.2, -0.15) is 0 Å². The van der Waals surface area contributed by atoms with Gasteiger partial charge in [0.25, 0.3) is 5.91 Å². The minimum atomic E-state index is -0.952. The highest BCUT2D eigenvalue weighted by Crippen LogP contribution is 2.10. The lowest BCUT2D eigenvalue weighted by molar-refractivity contribution is -0.120. The molecule has 0 saturated carbocycles. The highest BCUT2D eigenvalue weighted by atomic mass is 35.5. The molecular formula is C9H16Cl2N2O. The number of likely N-dealkylation sites (N-methyl/N-ethyl adjacent to an activating group) is 1. The van der Waals surface area contributed by atoms with E-state index in [0.717, 1.165) is 32.5 Å². The van der Waals surface area contributed by atoms with Gasteiger partial charge < -0.3 is 10.2 Å². The van der Waals surface area contributed by atoms with Crippen LogP contribution in [0.5, 0.6) is 0 Å². The van der Waals surface area contributed by atoms with Gasteiger partial charge in [-0.1, -0.05) is 30.1 Å². The van der Waals surface area contributed by atoms with Crippen molar-refractivity contribution in [3.63, 3.8) is 0 Å². The van der Waals surface area contributed by atoms with Crippen molar-refractivity contribution in [3.8, 4) is 0 Å². The average molecular weight is 239 g/mol. The minimum Gasteiger partial charge on any atom is -0.350 e. The Morgan fingerprint density at radius 3 is 2.93 bits per heavy atom. The van der Waals surface area contributed by atoms with Gasteiger partial charge in [0.1, 0.15) is 0 Å². The number of piperidine rings is 1. The van der Waals surface area contributed by atoms with Crippen LogP contribution in [-0.2, 0) is 4.79 Å². The predicted octanol–water partition coefficient (Wildman–Crippen LogP) is 1.39. The summed E-state index contributed by atoms with van der Waals surface area (Å²) in [6.45, 7) is 5.17. The van der Waals surface area contributed by atoms with Crippen molar-refractivity contribution >= 4 is 29.1 Å². The Kier molecular flexibility index (Phi) is 4.99. The zero-order valence-corrected chi connectivity index (χ0v) is 9.81. The highest BCUT2D eigenvalue weighted by Gasteiger charge is 2.22. The largest absolute Gasteiger partial charge is 0.350 e. The summed E-state index contributed by atoms with van der Waals surface area (Å²) in [6, 6.07) is 0.205. The van der Waals surface area contributed by atoms with E-state index in [1.54, 1.807) is 0 Å². The van der Waals surface area contributed by atoms with Gasteiger partial charge in [0.15, 0.2) is 4.84 Å². The third kappa shape index (κ3) is 3.64. The van der Waals surface area contributed by atoms with Crippen molar-refractivity contribution in [2.75, 3.05) is 19.6 Å². The molecule has 14 heavy (non-hydrogen) atoms. The number of nitrogens with zero attached hydrogens (tertiary/aromatic N) is 1. The zero-order chi connectivity index (χ0) is 10.6. The maximum Gasteiger partial charge on any atom is 0.253 e. The maximum absolute atomic E-state index is 11.2. The predicted molar refractivity (Wildman–Crippen MR) is 58.8 cm³/mol. The van der Waals surface area contributed by atoms with Crippen molar-refractivity contribution in [1.82, 2.24) is 10.2 Å². The number of halogens is 2. The molecule has 0 aliphatic carbocycles. The summed E-state index contributed by atoms with van der Waals surface area (Å²) in [7, 11) is 0. The third-order valence-corrected chi connectivity index (χ3v) is 2.89. The fraction of sp³-hybridized carbons (Fsp3) is 0.889. The number of amides is 1. The summed E-state index contributed by atoms with van der Waals surface area (Å²) in [5.41, 5.74) is 0. The normalized spacial score (nSPS) is 23.9. The second-order valence-electron chi connectivity index (χ2n) is 3.54. The van der Waals surface area contributed by atoms with Crippen LogP contribution in [0.4, 0.5) is 0 Å². The number of hydrogen-bond acceptors (Lipinski definition) is 2. The van der Waals surface area contributed by atoms with Crippen LogP contribution < -0.4 is 5.32 Å². The first-order valence-electron chi connectivity index (χ1n) is 4.94. The van der Waals surface area contributed by atoms with Crippen LogP contribution in [0.1, 0.15) is 19.8 Å². The van der Waals surface area contributed by atoms with Gasteiger partial charge in [-0.15, -0.1) is 0 Å². The number of carbonyl (C=O) groups excluding carboxylic acids is 1. The van der Waals surface area contributed by atoms with E-state index in [2.05, 4.69) is 17.1 Å². The number of alkyl halides is 2. The van der Waals surface area contributed by atoms with Crippen LogP contribution in [0.25, 0.3) is 0 Å². The van der Waals surface area contributed by atoms with Crippen LogP contribution in [0.3, 0.4) is 0 Å². The Labute approximate surface area is 94.7 Å². The quantitative estimate of drug-likeness (QED) is 0.755. The van der Waals surface area contributed by atoms with E-state index in [0.29, 0.717) is 0 Å². The van der Waals surface area contributed by atoms with E-state index in [4.69, 9.17) is 23.2 Å². The monoisotopic (exact) mass is 238 g/mol. The van der Waals surface area contributed by atoms with E-state index < -0.39 is 4.84 Å².